The van der Waals surface area contributed by atoms with E-state index in [2.05, 4.69) is 24.7 Å². The van der Waals surface area contributed by atoms with Crippen molar-refractivity contribution in [1.82, 2.24) is 5.32 Å². The van der Waals surface area contributed by atoms with E-state index in [1.54, 1.807) is 7.11 Å². The van der Waals surface area contributed by atoms with E-state index < -0.39 is 0 Å². The molecule has 0 spiro atoms. The SMILES string of the molecule is COc1ccccc1NC(=O)NCC1([NH+](C)C)CCCCC1. The molecule has 0 bridgehead atoms. The lowest BCUT2D eigenvalue weighted by Gasteiger charge is -2.39. The van der Waals surface area contributed by atoms with Gasteiger partial charge in [0.1, 0.15) is 11.3 Å². The van der Waals surface area contributed by atoms with Gasteiger partial charge in [-0.15, -0.1) is 0 Å². The molecule has 5 nitrogen and oxygen atoms in total. The lowest BCUT2D eigenvalue weighted by molar-refractivity contribution is -0.916. The van der Waals surface area contributed by atoms with E-state index in [1.165, 1.54) is 37.0 Å². The molecule has 0 radical (unpaired) electrons. The van der Waals surface area contributed by atoms with E-state index in [-0.39, 0.29) is 11.6 Å². The highest BCUT2D eigenvalue weighted by molar-refractivity contribution is 5.90. The van der Waals surface area contributed by atoms with Gasteiger partial charge in [-0.2, -0.15) is 0 Å². The minimum absolute atomic E-state index is 0.163. The predicted octanol–water partition coefficient (Wildman–Crippen LogP) is 1.66. The minimum atomic E-state index is -0.171. The Hall–Kier alpha value is -1.75. The summed E-state index contributed by atoms with van der Waals surface area (Å²) in [6, 6.07) is 7.27. The number of hydrogen-bond donors (Lipinski definition) is 3. The van der Waals surface area contributed by atoms with Crippen LogP contribution in [-0.2, 0) is 0 Å². The van der Waals surface area contributed by atoms with Crippen LogP contribution in [-0.4, -0.2) is 39.3 Å². The third-order valence-electron chi connectivity index (χ3n) is 4.81. The molecule has 1 aliphatic carbocycles. The maximum absolute atomic E-state index is 12.2. The maximum Gasteiger partial charge on any atom is 0.319 e. The van der Waals surface area contributed by atoms with Crippen LogP contribution in [0.4, 0.5) is 10.5 Å². The van der Waals surface area contributed by atoms with E-state index in [4.69, 9.17) is 4.74 Å². The molecular weight excluding hydrogens is 278 g/mol. The van der Waals surface area contributed by atoms with E-state index in [0.29, 0.717) is 18.0 Å². The monoisotopic (exact) mass is 306 g/mol. The molecular formula is C17H28N3O2+. The minimum Gasteiger partial charge on any atom is -0.495 e. The molecule has 1 fully saturated rings. The summed E-state index contributed by atoms with van der Waals surface area (Å²) < 4.78 is 5.25. The molecule has 0 saturated heterocycles. The highest BCUT2D eigenvalue weighted by atomic mass is 16.5. The molecule has 0 unspecified atom stereocenters. The Kier molecular flexibility index (Phi) is 5.66. The Morgan fingerprint density at radius 1 is 1.23 bits per heavy atom. The number of urea groups is 1. The number of methoxy groups -OCH3 is 1. The van der Waals surface area contributed by atoms with Gasteiger partial charge in [-0.25, -0.2) is 4.79 Å². The van der Waals surface area contributed by atoms with Crippen LogP contribution in [0, 0.1) is 0 Å². The predicted molar refractivity (Wildman–Crippen MR) is 88.6 cm³/mol. The van der Waals surface area contributed by atoms with Crippen LogP contribution in [0.5, 0.6) is 5.75 Å². The van der Waals surface area contributed by atoms with Crippen LogP contribution in [0.15, 0.2) is 24.3 Å². The molecule has 22 heavy (non-hydrogen) atoms. The number of para-hydroxylation sites is 2. The van der Waals surface area contributed by atoms with Crippen LogP contribution in [0.3, 0.4) is 0 Å². The second-order valence-corrected chi connectivity index (χ2v) is 6.35. The van der Waals surface area contributed by atoms with Crippen molar-refractivity contribution in [2.75, 3.05) is 33.1 Å². The first-order valence-electron chi connectivity index (χ1n) is 8.06. The fraction of sp³-hybridized carbons (Fsp3) is 0.588. The molecule has 2 amide bonds. The molecule has 2 rings (SSSR count). The lowest BCUT2D eigenvalue weighted by Crippen LogP contribution is -3.16. The molecule has 0 heterocycles. The van der Waals surface area contributed by atoms with Gasteiger partial charge in [-0.05, 0) is 25.0 Å². The lowest BCUT2D eigenvalue weighted by atomic mass is 9.80. The van der Waals surface area contributed by atoms with Crippen LogP contribution in [0.1, 0.15) is 32.1 Å². The zero-order valence-electron chi connectivity index (χ0n) is 13.9. The number of nitrogens with one attached hydrogen (secondary N) is 3. The Morgan fingerprint density at radius 3 is 2.55 bits per heavy atom. The number of likely N-dealkylation sites (N-methyl/N-ethyl adjacent to an activating group) is 1. The van der Waals surface area contributed by atoms with Crippen LogP contribution in [0.25, 0.3) is 0 Å². The van der Waals surface area contributed by atoms with E-state index >= 15 is 0 Å². The summed E-state index contributed by atoms with van der Waals surface area (Å²) in [6.07, 6.45) is 6.15. The second-order valence-electron chi connectivity index (χ2n) is 6.35. The average Bonchev–Trinajstić information content (AvgIpc) is 2.54. The number of hydrogen-bond acceptors (Lipinski definition) is 2. The molecule has 1 aromatic rings. The van der Waals surface area contributed by atoms with Crippen molar-refractivity contribution in [3.8, 4) is 5.75 Å². The third kappa shape index (κ3) is 3.91. The van der Waals surface area contributed by atoms with Crippen LogP contribution >= 0.6 is 0 Å². The van der Waals surface area contributed by atoms with Crippen molar-refractivity contribution in [2.24, 2.45) is 0 Å². The summed E-state index contributed by atoms with van der Waals surface area (Å²) in [5, 5.41) is 5.92. The van der Waals surface area contributed by atoms with Gasteiger partial charge >= 0.3 is 6.03 Å². The van der Waals surface area contributed by atoms with E-state index in [1.807, 2.05) is 24.3 Å². The number of quaternary nitrogens is 1. The van der Waals surface area contributed by atoms with Gasteiger partial charge in [-0.3, -0.25) is 0 Å². The summed E-state index contributed by atoms with van der Waals surface area (Å²) in [4.78, 5) is 13.6. The fourth-order valence-electron chi connectivity index (χ4n) is 3.25. The maximum atomic E-state index is 12.2. The largest absolute Gasteiger partial charge is 0.495 e. The van der Waals surface area contributed by atoms with Gasteiger partial charge in [0.25, 0.3) is 0 Å². The Morgan fingerprint density at radius 2 is 1.91 bits per heavy atom. The first-order chi connectivity index (χ1) is 10.6. The number of rotatable bonds is 5. The standard InChI is InChI=1S/C17H27N3O2/c1-20(2)17(11-7-4-8-12-17)13-18-16(21)19-14-9-5-6-10-15(14)22-3/h5-6,9-10H,4,7-8,11-13H2,1-3H3,(H2,18,19,21)/p+1. The normalized spacial score (nSPS) is 17.1. The number of carbonyl (C=O) groups excluding carboxylic acids is 1. The van der Waals surface area contributed by atoms with E-state index in [9.17, 15) is 4.79 Å². The summed E-state index contributed by atoms with van der Waals surface area (Å²) in [7, 11) is 5.97. The van der Waals surface area contributed by atoms with Crippen molar-refractivity contribution in [3.63, 3.8) is 0 Å². The number of carbonyl (C=O) groups is 1. The third-order valence-corrected chi connectivity index (χ3v) is 4.81. The van der Waals surface area contributed by atoms with Crippen molar-refractivity contribution < 1.29 is 14.4 Å². The molecule has 0 atom stereocenters. The van der Waals surface area contributed by atoms with E-state index in [0.717, 1.165) is 0 Å². The molecule has 0 aliphatic heterocycles. The summed E-state index contributed by atoms with van der Waals surface area (Å²) in [5.41, 5.74) is 0.855. The quantitative estimate of drug-likeness (QED) is 0.775. The van der Waals surface area contributed by atoms with Crippen LogP contribution < -0.4 is 20.3 Å². The Bertz CT molecular complexity index is 496. The van der Waals surface area contributed by atoms with Crippen LogP contribution in [0.2, 0.25) is 0 Å². The summed E-state index contributed by atoms with van der Waals surface area (Å²) in [5.74, 6) is 0.670. The number of ether oxygens (including phenoxy) is 1. The second kappa shape index (κ2) is 7.49. The van der Waals surface area contributed by atoms with Gasteiger partial charge in [0.15, 0.2) is 0 Å². The average molecular weight is 306 g/mol. The smallest absolute Gasteiger partial charge is 0.319 e. The van der Waals surface area contributed by atoms with Crippen molar-refractivity contribution in [1.29, 1.82) is 0 Å². The van der Waals surface area contributed by atoms with Gasteiger partial charge < -0.3 is 20.3 Å². The summed E-state index contributed by atoms with van der Waals surface area (Å²) >= 11 is 0. The Balaban J connectivity index is 1.94. The number of amides is 2. The zero-order valence-corrected chi connectivity index (χ0v) is 13.9. The molecule has 5 heteroatoms. The van der Waals surface area contributed by atoms with Gasteiger partial charge in [-0.1, -0.05) is 18.6 Å². The first kappa shape index (κ1) is 16.6. The van der Waals surface area contributed by atoms with Crippen molar-refractivity contribution in [3.05, 3.63) is 24.3 Å². The topological polar surface area (TPSA) is 54.8 Å². The Labute approximate surface area is 133 Å². The molecule has 1 aromatic carbocycles. The van der Waals surface area contributed by atoms with Gasteiger partial charge in [0.05, 0.1) is 33.4 Å². The fourth-order valence-corrected chi connectivity index (χ4v) is 3.25. The highest BCUT2D eigenvalue weighted by Crippen LogP contribution is 2.25. The number of benzene rings is 1. The van der Waals surface area contributed by atoms with Gasteiger partial charge in [0.2, 0.25) is 0 Å². The van der Waals surface area contributed by atoms with Gasteiger partial charge in [0, 0.05) is 12.8 Å². The molecule has 122 valence electrons. The summed E-state index contributed by atoms with van der Waals surface area (Å²) in [6.45, 7) is 0.705. The molecule has 3 N–H and O–H groups in total. The van der Waals surface area contributed by atoms with Crippen molar-refractivity contribution in [2.45, 2.75) is 37.6 Å². The highest BCUT2D eigenvalue weighted by Gasteiger charge is 2.38. The zero-order chi connectivity index (χ0) is 16.0. The molecule has 1 aliphatic rings. The van der Waals surface area contributed by atoms with Crippen molar-refractivity contribution >= 4 is 11.7 Å². The molecule has 1 saturated carbocycles. The first-order valence-corrected chi connectivity index (χ1v) is 8.06. The molecule has 0 aromatic heterocycles. The number of anilines is 1.